The summed E-state index contributed by atoms with van der Waals surface area (Å²) in [6.07, 6.45) is -4.64. The van der Waals surface area contributed by atoms with E-state index < -0.39 is 17.4 Å². The number of aryl methyl sites for hydroxylation is 2. The van der Waals surface area contributed by atoms with Gasteiger partial charge in [0.25, 0.3) is 5.56 Å². The van der Waals surface area contributed by atoms with Crippen LogP contribution in [-0.4, -0.2) is 36.1 Å². The third-order valence-electron chi connectivity index (χ3n) is 4.29. The van der Waals surface area contributed by atoms with Crippen LogP contribution in [0.15, 0.2) is 29.1 Å². The molecule has 1 saturated heterocycles. The molecule has 0 saturated carbocycles. The first-order valence-electron chi connectivity index (χ1n) is 8.00. The van der Waals surface area contributed by atoms with Crippen LogP contribution in [0.25, 0.3) is 0 Å². The zero-order valence-corrected chi connectivity index (χ0v) is 14.0. The molecule has 1 aliphatic rings. The van der Waals surface area contributed by atoms with Crippen molar-refractivity contribution < 1.29 is 13.2 Å². The minimum atomic E-state index is -4.64. The van der Waals surface area contributed by atoms with E-state index in [-0.39, 0.29) is 5.95 Å². The number of hydrogen-bond donors (Lipinski definition) is 1. The molecule has 1 fully saturated rings. The van der Waals surface area contributed by atoms with E-state index in [1.54, 1.807) is 4.90 Å². The number of rotatable bonds is 2. The summed E-state index contributed by atoms with van der Waals surface area (Å²) in [5.74, 6) is -0.0277. The molecule has 0 radical (unpaired) electrons. The number of halogens is 3. The van der Waals surface area contributed by atoms with E-state index in [4.69, 9.17) is 0 Å². The predicted molar refractivity (Wildman–Crippen MR) is 90.2 cm³/mol. The zero-order valence-electron chi connectivity index (χ0n) is 14.0. The Labute approximate surface area is 143 Å². The summed E-state index contributed by atoms with van der Waals surface area (Å²) >= 11 is 0. The zero-order chi connectivity index (χ0) is 18.2. The second-order valence-corrected chi connectivity index (χ2v) is 6.22. The normalized spacial score (nSPS) is 15.6. The van der Waals surface area contributed by atoms with E-state index in [1.807, 2.05) is 19.9 Å². The number of alkyl halides is 3. The number of benzene rings is 1. The van der Waals surface area contributed by atoms with Gasteiger partial charge in [0.05, 0.1) is 0 Å². The average molecular weight is 352 g/mol. The summed E-state index contributed by atoms with van der Waals surface area (Å²) < 4.78 is 38.5. The molecule has 0 unspecified atom stereocenters. The molecule has 3 rings (SSSR count). The Bertz CT molecular complexity index is 823. The van der Waals surface area contributed by atoms with Crippen LogP contribution in [0.2, 0.25) is 0 Å². The molecule has 0 amide bonds. The highest BCUT2D eigenvalue weighted by molar-refractivity contribution is 5.55. The van der Waals surface area contributed by atoms with Crippen LogP contribution in [0.4, 0.5) is 24.8 Å². The maximum absolute atomic E-state index is 12.8. The highest BCUT2D eigenvalue weighted by Gasteiger charge is 2.34. The van der Waals surface area contributed by atoms with E-state index in [0.717, 1.165) is 5.69 Å². The first kappa shape index (κ1) is 17.3. The van der Waals surface area contributed by atoms with Gasteiger partial charge in [-0.3, -0.25) is 9.78 Å². The van der Waals surface area contributed by atoms with Crippen LogP contribution in [0.5, 0.6) is 0 Å². The fraction of sp³-hybridized carbons (Fsp3) is 0.412. The number of piperazine rings is 1. The number of nitrogens with zero attached hydrogens (tertiary/aromatic N) is 3. The molecular formula is C17H19F3N4O. The fourth-order valence-corrected chi connectivity index (χ4v) is 3.06. The standard InChI is InChI=1S/C17H19F3N4O/c1-11-3-4-13(12(2)9-11)23-5-7-24(8-6-23)16-21-14(17(18,19)20)10-15(25)22-16/h3-4,9-10H,5-8H2,1-2H3,(H,21,22,25). The molecule has 0 spiro atoms. The van der Waals surface area contributed by atoms with Crippen LogP contribution >= 0.6 is 0 Å². The lowest BCUT2D eigenvalue weighted by Gasteiger charge is -2.37. The van der Waals surface area contributed by atoms with Crippen molar-refractivity contribution in [2.24, 2.45) is 0 Å². The molecule has 2 heterocycles. The number of nitrogens with one attached hydrogen (secondary N) is 1. The molecule has 1 aromatic heterocycles. The minimum Gasteiger partial charge on any atom is -0.368 e. The Morgan fingerprint density at radius 2 is 1.68 bits per heavy atom. The van der Waals surface area contributed by atoms with Crippen molar-refractivity contribution in [3.8, 4) is 0 Å². The molecule has 8 heteroatoms. The maximum Gasteiger partial charge on any atom is 0.433 e. The number of aromatic nitrogens is 2. The largest absolute Gasteiger partial charge is 0.433 e. The molecule has 0 bridgehead atoms. The molecule has 5 nitrogen and oxygen atoms in total. The van der Waals surface area contributed by atoms with Crippen molar-refractivity contribution in [2.75, 3.05) is 36.0 Å². The molecule has 0 aliphatic carbocycles. The van der Waals surface area contributed by atoms with Gasteiger partial charge in [-0.15, -0.1) is 0 Å². The molecule has 134 valence electrons. The summed E-state index contributed by atoms with van der Waals surface area (Å²) in [6, 6.07) is 6.69. The fourth-order valence-electron chi connectivity index (χ4n) is 3.06. The summed E-state index contributed by atoms with van der Waals surface area (Å²) in [5, 5.41) is 0. The van der Waals surface area contributed by atoms with Crippen molar-refractivity contribution in [3.05, 3.63) is 51.4 Å². The summed E-state index contributed by atoms with van der Waals surface area (Å²) in [5.41, 5.74) is 1.51. The Hall–Kier alpha value is -2.51. The van der Waals surface area contributed by atoms with Gasteiger partial charge < -0.3 is 9.80 Å². The van der Waals surface area contributed by atoms with Gasteiger partial charge in [0.1, 0.15) is 0 Å². The second kappa shape index (κ2) is 6.42. The SMILES string of the molecule is Cc1ccc(N2CCN(c3nc(C(F)(F)F)cc(=O)[nH]3)CC2)c(C)c1. The van der Waals surface area contributed by atoms with Crippen molar-refractivity contribution in [1.29, 1.82) is 0 Å². The van der Waals surface area contributed by atoms with Gasteiger partial charge in [0.15, 0.2) is 5.69 Å². The minimum absolute atomic E-state index is 0.0277. The lowest BCUT2D eigenvalue weighted by atomic mass is 10.1. The van der Waals surface area contributed by atoms with E-state index in [0.29, 0.717) is 32.2 Å². The molecule has 1 aliphatic heterocycles. The molecular weight excluding hydrogens is 333 g/mol. The van der Waals surface area contributed by atoms with Crippen molar-refractivity contribution in [3.63, 3.8) is 0 Å². The third kappa shape index (κ3) is 3.78. The molecule has 2 aromatic rings. The first-order valence-corrected chi connectivity index (χ1v) is 8.00. The number of hydrogen-bond acceptors (Lipinski definition) is 4. The molecule has 0 atom stereocenters. The van der Waals surface area contributed by atoms with E-state index in [9.17, 15) is 18.0 Å². The lowest BCUT2D eigenvalue weighted by Crippen LogP contribution is -2.47. The van der Waals surface area contributed by atoms with Gasteiger partial charge in [0, 0.05) is 37.9 Å². The van der Waals surface area contributed by atoms with Crippen LogP contribution < -0.4 is 15.4 Å². The first-order chi connectivity index (χ1) is 11.7. The Kier molecular flexibility index (Phi) is 4.45. The summed E-state index contributed by atoms with van der Waals surface area (Å²) in [7, 11) is 0. The van der Waals surface area contributed by atoms with Gasteiger partial charge >= 0.3 is 6.18 Å². The summed E-state index contributed by atoms with van der Waals surface area (Å²) in [6.45, 7) is 6.33. The lowest BCUT2D eigenvalue weighted by molar-refractivity contribution is -0.141. The molecule has 25 heavy (non-hydrogen) atoms. The highest BCUT2D eigenvalue weighted by atomic mass is 19.4. The van der Waals surface area contributed by atoms with Crippen LogP contribution in [0.3, 0.4) is 0 Å². The van der Waals surface area contributed by atoms with Gasteiger partial charge in [-0.25, -0.2) is 4.98 Å². The summed E-state index contributed by atoms with van der Waals surface area (Å²) in [4.78, 5) is 21.4. The van der Waals surface area contributed by atoms with Crippen molar-refractivity contribution in [1.82, 2.24) is 9.97 Å². The Morgan fingerprint density at radius 1 is 1.04 bits per heavy atom. The van der Waals surface area contributed by atoms with E-state index in [2.05, 4.69) is 27.0 Å². The van der Waals surface area contributed by atoms with Crippen LogP contribution in [0.1, 0.15) is 16.8 Å². The smallest absolute Gasteiger partial charge is 0.368 e. The van der Waals surface area contributed by atoms with Crippen LogP contribution in [-0.2, 0) is 6.18 Å². The monoisotopic (exact) mass is 352 g/mol. The van der Waals surface area contributed by atoms with Gasteiger partial charge in [-0.1, -0.05) is 17.7 Å². The van der Waals surface area contributed by atoms with Crippen molar-refractivity contribution >= 4 is 11.6 Å². The van der Waals surface area contributed by atoms with Gasteiger partial charge in [-0.2, -0.15) is 13.2 Å². The van der Waals surface area contributed by atoms with E-state index >= 15 is 0 Å². The van der Waals surface area contributed by atoms with Crippen molar-refractivity contribution in [2.45, 2.75) is 20.0 Å². The third-order valence-corrected chi connectivity index (χ3v) is 4.29. The van der Waals surface area contributed by atoms with Gasteiger partial charge in [-0.05, 0) is 25.5 Å². The van der Waals surface area contributed by atoms with Crippen LogP contribution in [0, 0.1) is 13.8 Å². The Morgan fingerprint density at radius 3 is 2.28 bits per heavy atom. The average Bonchev–Trinajstić information content (AvgIpc) is 2.54. The predicted octanol–water partition coefficient (Wildman–Crippen LogP) is 2.73. The topological polar surface area (TPSA) is 52.2 Å². The van der Waals surface area contributed by atoms with Gasteiger partial charge in [0.2, 0.25) is 5.95 Å². The quantitative estimate of drug-likeness (QED) is 0.903. The number of anilines is 2. The molecule has 1 aromatic carbocycles. The van der Waals surface area contributed by atoms with E-state index in [1.165, 1.54) is 11.1 Å². The maximum atomic E-state index is 12.8. The number of aromatic amines is 1. The second-order valence-electron chi connectivity index (χ2n) is 6.22. The molecule has 1 N–H and O–H groups in total. The number of H-pyrrole nitrogens is 1. The Balaban J connectivity index is 1.76. The highest BCUT2D eigenvalue weighted by Crippen LogP contribution is 2.28.